The standard InChI is InChI=1S/C60H94N8O9/c1-17-18-19-21-27-41(8)36-42(9)53(70)61(12)43(10)54(71)67-34-25-31-47(67)55(72)63(14)51(39(4)5)59(76)65(16)52(40(6)7)60(77)64(15)50(38(2)3)58(75)62(13)49(37-45-28-22-20-23-29-45)57(74)68-35-26-32-48(68)56(73)66-33-24-30-46(66)44(11)69/h1,20,22-23,28-29,38-43,46-52H,18-19,21,24-27,30-37H2,2-16H3/t41-,42+,43-,46-,47-,48-,49-,50-,51-,52-/m0/s1. The first-order valence-corrected chi connectivity index (χ1v) is 28.4. The van der Waals surface area contributed by atoms with Gasteiger partial charge in [0.15, 0.2) is 5.78 Å². The van der Waals surface area contributed by atoms with Crippen LogP contribution in [-0.2, 0) is 49.6 Å². The lowest BCUT2D eigenvalue weighted by atomic mass is 9.91. The van der Waals surface area contributed by atoms with E-state index in [0.717, 1.165) is 31.2 Å². The molecule has 0 bridgehead atoms. The molecule has 1 aromatic rings. The minimum Gasteiger partial charge on any atom is -0.334 e. The maximum absolute atomic E-state index is 15.1. The Morgan fingerprint density at radius 3 is 1.55 bits per heavy atom. The molecule has 1 aromatic carbocycles. The van der Waals surface area contributed by atoms with Gasteiger partial charge in [0.1, 0.15) is 42.3 Å². The molecule has 3 aliphatic heterocycles. The number of Topliss-reactive ketones (excluding diaryl/α,β-unsaturated/α-hetero) is 1. The van der Waals surface area contributed by atoms with Crippen LogP contribution in [0.1, 0.15) is 145 Å². The number of likely N-dealkylation sites (N-methyl/N-ethyl adjacent to an activating group) is 5. The van der Waals surface area contributed by atoms with E-state index in [0.29, 0.717) is 70.5 Å². The smallest absolute Gasteiger partial charge is 0.246 e. The number of nitrogens with zero attached hydrogens (tertiary/aromatic N) is 8. The third-order valence-corrected chi connectivity index (χ3v) is 16.7. The second-order valence-corrected chi connectivity index (χ2v) is 23.6. The van der Waals surface area contributed by atoms with E-state index in [9.17, 15) is 33.6 Å². The molecule has 3 aliphatic rings. The Morgan fingerprint density at radius 2 is 1.04 bits per heavy atom. The molecule has 3 heterocycles. The quantitative estimate of drug-likeness (QED) is 0.0869. The Balaban J connectivity index is 1.54. The van der Waals surface area contributed by atoms with Gasteiger partial charge in [0, 0.05) is 73.6 Å². The van der Waals surface area contributed by atoms with Crippen molar-refractivity contribution in [1.82, 2.24) is 39.2 Å². The number of benzene rings is 1. The van der Waals surface area contributed by atoms with Crippen LogP contribution < -0.4 is 0 Å². The van der Waals surface area contributed by atoms with Crippen molar-refractivity contribution in [3.8, 4) is 12.3 Å². The molecule has 8 amide bonds. The molecule has 0 aromatic heterocycles. The lowest BCUT2D eigenvalue weighted by Gasteiger charge is -2.42. The van der Waals surface area contributed by atoms with Crippen LogP contribution in [0.2, 0.25) is 0 Å². The van der Waals surface area contributed by atoms with Gasteiger partial charge < -0.3 is 39.2 Å². The number of ketones is 1. The highest BCUT2D eigenvalue weighted by Crippen LogP contribution is 2.30. The third kappa shape index (κ3) is 15.3. The van der Waals surface area contributed by atoms with E-state index in [-0.39, 0.29) is 35.8 Å². The topological polar surface area (TPSA) is 180 Å². The fourth-order valence-electron chi connectivity index (χ4n) is 12.2. The van der Waals surface area contributed by atoms with Crippen LogP contribution >= 0.6 is 0 Å². The Hall–Kier alpha value is -5.79. The highest BCUT2D eigenvalue weighted by molar-refractivity contribution is 5.98. The van der Waals surface area contributed by atoms with Crippen molar-refractivity contribution < 1.29 is 43.2 Å². The summed E-state index contributed by atoms with van der Waals surface area (Å²) in [7, 11) is 7.82. The average molecular weight is 1070 g/mol. The fourth-order valence-corrected chi connectivity index (χ4v) is 12.2. The van der Waals surface area contributed by atoms with Gasteiger partial charge in [-0.25, -0.2) is 0 Å². The van der Waals surface area contributed by atoms with Crippen LogP contribution in [0.25, 0.3) is 0 Å². The fraction of sp³-hybridized carbons (Fsp3) is 0.717. The predicted octanol–water partition coefficient (Wildman–Crippen LogP) is 5.77. The number of carbonyl (C=O) groups excluding carboxylic acids is 9. The van der Waals surface area contributed by atoms with E-state index in [4.69, 9.17) is 6.42 Å². The first kappa shape index (κ1) is 63.7. The molecule has 0 unspecified atom stereocenters. The molecule has 428 valence electrons. The highest BCUT2D eigenvalue weighted by Gasteiger charge is 2.48. The van der Waals surface area contributed by atoms with Crippen molar-refractivity contribution in [3.05, 3.63) is 35.9 Å². The monoisotopic (exact) mass is 1070 g/mol. The van der Waals surface area contributed by atoms with Crippen LogP contribution in [0.3, 0.4) is 0 Å². The van der Waals surface area contributed by atoms with Crippen LogP contribution in [0.15, 0.2) is 30.3 Å². The zero-order chi connectivity index (χ0) is 57.7. The normalized spacial score (nSPS) is 20.2. The van der Waals surface area contributed by atoms with E-state index in [1.54, 1.807) is 37.9 Å². The van der Waals surface area contributed by atoms with Crippen molar-refractivity contribution >= 4 is 53.0 Å². The number of amides is 8. The lowest BCUT2D eigenvalue weighted by molar-refractivity contribution is -0.159. The van der Waals surface area contributed by atoms with Gasteiger partial charge in [-0.1, -0.05) is 98.6 Å². The molecule has 0 spiro atoms. The molecule has 17 nitrogen and oxygen atoms in total. The molecule has 17 heteroatoms. The molecular formula is C60H94N8O9. The molecular weight excluding hydrogens is 977 g/mol. The molecule has 4 rings (SSSR count). The number of terminal acetylenes is 1. The summed E-state index contributed by atoms with van der Waals surface area (Å²) in [6, 6.07) is 2.11. The second-order valence-electron chi connectivity index (χ2n) is 23.6. The van der Waals surface area contributed by atoms with Gasteiger partial charge in [0.05, 0.1) is 6.04 Å². The number of unbranched alkanes of at least 4 members (excludes halogenated alkanes) is 2. The third-order valence-electron chi connectivity index (χ3n) is 16.7. The first-order valence-electron chi connectivity index (χ1n) is 28.4. The largest absolute Gasteiger partial charge is 0.334 e. The molecule has 0 N–H and O–H groups in total. The van der Waals surface area contributed by atoms with E-state index in [1.807, 2.05) is 78.8 Å². The highest BCUT2D eigenvalue weighted by atomic mass is 16.2. The number of likely N-dealkylation sites (tertiary alicyclic amines) is 3. The molecule has 0 aliphatic carbocycles. The van der Waals surface area contributed by atoms with Gasteiger partial charge in [0.25, 0.3) is 0 Å². The SMILES string of the molecule is C#CCCCC[C@H](C)C[C@@H](C)C(=O)N(C)[C@@H](C)C(=O)N1CCC[C@H]1C(=O)N(C)[C@H](C(=O)N(C)[C@H](C(=O)N(C)[C@H](C(=O)N(C)[C@@H](Cc1ccccc1)C(=O)N1CCC[C@H]1C(=O)N1CCC[C@H]1C(C)=O)C(C)C)C(C)C)C(C)C. The summed E-state index contributed by atoms with van der Waals surface area (Å²) in [4.78, 5) is 141. The number of rotatable bonds is 25. The maximum atomic E-state index is 15.1. The van der Waals surface area contributed by atoms with Gasteiger partial charge in [-0.2, -0.15) is 0 Å². The van der Waals surface area contributed by atoms with E-state index >= 15 is 9.59 Å². The average Bonchev–Trinajstić information content (AvgIpc) is 4.21. The second kappa shape index (κ2) is 28.7. The maximum Gasteiger partial charge on any atom is 0.246 e. The summed E-state index contributed by atoms with van der Waals surface area (Å²) in [6.45, 7) is 19.2. The van der Waals surface area contributed by atoms with Gasteiger partial charge >= 0.3 is 0 Å². The number of hydrogen-bond donors (Lipinski definition) is 0. The molecule has 10 atom stereocenters. The minimum absolute atomic E-state index is 0.0875. The van der Waals surface area contributed by atoms with Gasteiger partial charge in [0.2, 0.25) is 47.3 Å². The van der Waals surface area contributed by atoms with E-state index < -0.39 is 95.6 Å². The van der Waals surface area contributed by atoms with Crippen LogP contribution in [0.4, 0.5) is 0 Å². The van der Waals surface area contributed by atoms with E-state index in [2.05, 4.69) is 12.8 Å². The van der Waals surface area contributed by atoms with E-state index in [1.165, 1.54) is 50.4 Å². The Kier molecular flexibility index (Phi) is 23.8. The zero-order valence-electron chi connectivity index (χ0n) is 49.3. The summed E-state index contributed by atoms with van der Waals surface area (Å²) < 4.78 is 0. The van der Waals surface area contributed by atoms with Gasteiger partial charge in [-0.15, -0.1) is 12.3 Å². The van der Waals surface area contributed by atoms with Crippen molar-refractivity contribution in [3.63, 3.8) is 0 Å². The summed E-state index contributed by atoms with van der Waals surface area (Å²) in [5, 5.41) is 0. The molecule has 3 fully saturated rings. The van der Waals surface area contributed by atoms with Gasteiger partial charge in [-0.05, 0) is 94.4 Å². The minimum atomic E-state index is -1.07. The number of carbonyl (C=O) groups is 9. The van der Waals surface area contributed by atoms with Crippen molar-refractivity contribution in [2.45, 2.75) is 195 Å². The summed E-state index contributed by atoms with van der Waals surface area (Å²) in [6.07, 6.45) is 13.1. The first-order chi connectivity index (χ1) is 36.2. The lowest BCUT2D eigenvalue weighted by Crippen LogP contribution is -2.62. The van der Waals surface area contributed by atoms with Crippen molar-refractivity contribution in [2.24, 2.45) is 29.6 Å². The summed E-state index contributed by atoms with van der Waals surface area (Å²) >= 11 is 0. The Morgan fingerprint density at radius 1 is 0.571 bits per heavy atom. The molecule has 0 saturated carbocycles. The van der Waals surface area contributed by atoms with Crippen LogP contribution in [0.5, 0.6) is 0 Å². The molecule has 77 heavy (non-hydrogen) atoms. The predicted molar refractivity (Wildman–Crippen MR) is 298 cm³/mol. The van der Waals surface area contributed by atoms with Crippen molar-refractivity contribution in [1.29, 1.82) is 0 Å². The van der Waals surface area contributed by atoms with Crippen molar-refractivity contribution in [2.75, 3.05) is 54.9 Å². The molecule has 3 saturated heterocycles. The number of hydrogen-bond acceptors (Lipinski definition) is 9. The summed E-state index contributed by atoms with van der Waals surface area (Å²) in [5.74, 6) is -1.75. The van der Waals surface area contributed by atoms with Crippen LogP contribution in [-0.4, -0.2) is 195 Å². The van der Waals surface area contributed by atoms with Gasteiger partial charge in [-0.3, -0.25) is 43.2 Å². The Bertz CT molecular complexity index is 2280. The summed E-state index contributed by atoms with van der Waals surface area (Å²) in [5.41, 5.74) is 0.799. The van der Waals surface area contributed by atoms with Crippen LogP contribution in [0, 0.1) is 41.9 Å². The molecule has 0 radical (unpaired) electrons. The Labute approximate surface area is 461 Å². The zero-order valence-corrected chi connectivity index (χ0v) is 49.3.